The molecule has 0 spiro atoms. The van der Waals surface area contributed by atoms with Crippen molar-refractivity contribution in [2.45, 2.75) is 31.5 Å². The van der Waals surface area contributed by atoms with Crippen LogP contribution in [0, 0.1) is 0 Å². The van der Waals surface area contributed by atoms with Gasteiger partial charge in [-0.1, -0.05) is 11.2 Å². The molecule has 1 aromatic heterocycles. The van der Waals surface area contributed by atoms with E-state index in [-0.39, 0.29) is 22.9 Å². The van der Waals surface area contributed by atoms with Crippen LogP contribution in [0.3, 0.4) is 0 Å². The highest BCUT2D eigenvalue weighted by Crippen LogP contribution is 2.47. The van der Waals surface area contributed by atoms with Crippen LogP contribution in [-0.4, -0.2) is 17.4 Å². The molecule has 0 atom stereocenters. The Kier molecular flexibility index (Phi) is 3.60. The number of nitrogens with zero attached hydrogens (tertiary/aromatic N) is 1. The van der Waals surface area contributed by atoms with Gasteiger partial charge in [-0.25, -0.2) is 0 Å². The highest BCUT2D eigenvalue weighted by atomic mass is 19.4. The monoisotopic (exact) mass is 313 g/mol. The van der Waals surface area contributed by atoms with Gasteiger partial charge in [-0.05, 0) is 25.0 Å². The number of alkyl halides is 3. The van der Waals surface area contributed by atoms with Gasteiger partial charge in [-0.2, -0.15) is 13.2 Å². The fourth-order valence-corrected chi connectivity index (χ4v) is 2.52. The molecule has 1 aromatic carbocycles. The predicted molar refractivity (Wildman–Crippen MR) is 71.4 cm³/mol. The van der Waals surface area contributed by atoms with Gasteiger partial charge in [-0.15, -0.1) is 0 Å². The lowest BCUT2D eigenvalue weighted by Crippen LogP contribution is -2.09. The molecule has 118 valence electrons. The van der Waals surface area contributed by atoms with Crippen LogP contribution in [0.1, 0.15) is 35.6 Å². The Labute approximate surface area is 124 Å². The average Bonchev–Trinajstić information content (AvgIpc) is 3.24. The topological polar surface area (TPSA) is 55.5 Å². The molecule has 1 fully saturated rings. The minimum atomic E-state index is -4.56. The summed E-state index contributed by atoms with van der Waals surface area (Å²) in [6.45, 7) is -0.431. The van der Waals surface area contributed by atoms with Crippen molar-refractivity contribution in [2.24, 2.45) is 0 Å². The van der Waals surface area contributed by atoms with E-state index in [1.165, 1.54) is 19.2 Å². The fourth-order valence-electron chi connectivity index (χ4n) is 2.52. The number of aliphatic hydroxyl groups is 1. The van der Waals surface area contributed by atoms with E-state index in [9.17, 15) is 18.3 Å². The van der Waals surface area contributed by atoms with Gasteiger partial charge in [0.25, 0.3) is 0 Å². The molecule has 1 saturated carbocycles. The van der Waals surface area contributed by atoms with E-state index in [0.29, 0.717) is 11.3 Å². The fraction of sp³-hybridized carbons (Fsp3) is 0.400. The second kappa shape index (κ2) is 5.31. The number of ether oxygens (including phenoxy) is 1. The number of halogens is 3. The van der Waals surface area contributed by atoms with Crippen molar-refractivity contribution in [3.05, 3.63) is 35.1 Å². The normalized spacial score (nSPS) is 15.1. The van der Waals surface area contributed by atoms with E-state index in [2.05, 4.69) is 5.16 Å². The van der Waals surface area contributed by atoms with Gasteiger partial charge in [0.1, 0.15) is 17.2 Å². The molecule has 4 nitrogen and oxygen atoms in total. The van der Waals surface area contributed by atoms with Crippen molar-refractivity contribution in [3.8, 4) is 17.0 Å². The lowest BCUT2D eigenvalue weighted by Gasteiger charge is -2.15. The van der Waals surface area contributed by atoms with Gasteiger partial charge in [-0.3, -0.25) is 0 Å². The molecule has 0 aliphatic heterocycles. The Balaban J connectivity index is 2.23. The van der Waals surface area contributed by atoms with E-state index in [0.717, 1.165) is 18.9 Å². The minimum Gasteiger partial charge on any atom is -0.496 e. The van der Waals surface area contributed by atoms with Gasteiger partial charge in [0.15, 0.2) is 0 Å². The summed E-state index contributed by atoms with van der Waals surface area (Å²) in [6, 6.07) is 3.66. The van der Waals surface area contributed by atoms with Crippen LogP contribution in [0.2, 0.25) is 0 Å². The standard InChI is InChI=1S/C15H14F3NO3/c1-21-11-4-2-3-10(15(16,17)18)12(11)13-9(7-20)14(22-19-13)8-5-6-8/h2-4,8,20H,5-7H2,1H3. The number of benzene rings is 1. The van der Waals surface area contributed by atoms with E-state index < -0.39 is 18.3 Å². The predicted octanol–water partition coefficient (Wildman–Crippen LogP) is 3.74. The van der Waals surface area contributed by atoms with E-state index in [1.807, 2.05) is 0 Å². The third-order valence-electron chi connectivity index (χ3n) is 3.71. The van der Waals surface area contributed by atoms with Crippen LogP contribution < -0.4 is 4.74 Å². The van der Waals surface area contributed by atoms with Gasteiger partial charge < -0.3 is 14.4 Å². The molecule has 0 amide bonds. The average molecular weight is 313 g/mol. The van der Waals surface area contributed by atoms with E-state index in [1.54, 1.807) is 0 Å². The first-order valence-corrected chi connectivity index (χ1v) is 6.81. The molecule has 1 heterocycles. The first-order valence-electron chi connectivity index (χ1n) is 6.81. The number of hydrogen-bond acceptors (Lipinski definition) is 4. The Morgan fingerprint density at radius 1 is 1.36 bits per heavy atom. The molecule has 3 rings (SSSR count). The third kappa shape index (κ3) is 2.45. The second-order valence-electron chi connectivity index (χ2n) is 5.19. The Morgan fingerprint density at radius 2 is 2.09 bits per heavy atom. The number of methoxy groups -OCH3 is 1. The van der Waals surface area contributed by atoms with Crippen LogP contribution in [0.4, 0.5) is 13.2 Å². The van der Waals surface area contributed by atoms with Crippen LogP contribution in [-0.2, 0) is 12.8 Å². The summed E-state index contributed by atoms with van der Waals surface area (Å²) >= 11 is 0. The summed E-state index contributed by atoms with van der Waals surface area (Å²) in [5, 5.41) is 13.3. The summed E-state index contributed by atoms with van der Waals surface area (Å²) in [4.78, 5) is 0. The Bertz CT molecular complexity index is 690. The molecule has 0 bridgehead atoms. The van der Waals surface area contributed by atoms with Crippen LogP contribution in [0.25, 0.3) is 11.3 Å². The molecule has 22 heavy (non-hydrogen) atoms. The molecule has 1 N–H and O–H groups in total. The van der Waals surface area contributed by atoms with Gasteiger partial charge in [0.2, 0.25) is 0 Å². The van der Waals surface area contributed by atoms with Crippen LogP contribution >= 0.6 is 0 Å². The largest absolute Gasteiger partial charge is 0.496 e. The van der Waals surface area contributed by atoms with Crippen LogP contribution in [0.5, 0.6) is 5.75 Å². The third-order valence-corrected chi connectivity index (χ3v) is 3.71. The summed E-state index contributed by atoms with van der Waals surface area (Å²) in [5.41, 5.74) is -0.763. The summed E-state index contributed by atoms with van der Waals surface area (Å²) < 4.78 is 50.1. The first kappa shape index (κ1) is 14.9. The van der Waals surface area contributed by atoms with Gasteiger partial charge >= 0.3 is 6.18 Å². The maximum atomic E-state index is 13.3. The molecular weight excluding hydrogens is 299 g/mol. The maximum absolute atomic E-state index is 13.3. The smallest absolute Gasteiger partial charge is 0.417 e. The molecule has 0 saturated heterocycles. The molecule has 0 unspecified atom stereocenters. The van der Waals surface area contributed by atoms with E-state index in [4.69, 9.17) is 9.26 Å². The zero-order valence-corrected chi connectivity index (χ0v) is 11.8. The highest BCUT2D eigenvalue weighted by Gasteiger charge is 2.38. The van der Waals surface area contributed by atoms with Gasteiger partial charge in [0, 0.05) is 11.5 Å². The quantitative estimate of drug-likeness (QED) is 0.934. The molecular formula is C15H14F3NO3. The van der Waals surface area contributed by atoms with Gasteiger partial charge in [0.05, 0.1) is 24.8 Å². The Hall–Kier alpha value is -2.02. The van der Waals surface area contributed by atoms with Crippen molar-refractivity contribution in [1.29, 1.82) is 0 Å². The number of aromatic nitrogens is 1. The lowest BCUT2D eigenvalue weighted by atomic mass is 9.98. The molecule has 1 aliphatic carbocycles. The van der Waals surface area contributed by atoms with Crippen molar-refractivity contribution in [2.75, 3.05) is 7.11 Å². The highest BCUT2D eigenvalue weighted by molar-refractivity contribution is 5.74. The zero-order chi connectivity index (χ0) is 15.9. The maximum Gasteiger partial charge on any atom is 0.417 e. The first-order chi connectivity index (χ1) is 10.5. The number of rotatable bonds is 4. The van der Waals surface area contributed by atoms with Crippen molar-refractivity contribution >= 4 is 0 Å². The lowest BCUT2D eigenvalue weighted by molar-refractivity contribution is -0.137. The minimum absolute atomic E-state index is 0.00539. The van der Waals surface area contributed by atoms with Crippen molar-refractivity contribution in [1.82, 2.24) is 5.16 Å². The number of hydrogen-bond donors (Lipinski definition) is 1. The Morgan fingerprint density at radius 3 is 2.64 bits per heavy atom. The SMILES string of the molecule is COc1cccc(C(F)(F)F)c1-c1noc(C2CC2)c1CO. The second-order valence-corrected chi connectivity index (χ2v) is 5.19. The van der Waals surface area contributed by atoms with Crippen molar-refractivity contribution < 1.29 is 27.5 Å². The molecule has 2 aromatic rings. The molecule has 0 radical (unpaired) electrons. The summed E-state index contributed by atoms with van der Waals surface area (Å²) in [7, 11) is 1.29. The zero-order valence-electron chi connectivity index (χ0n) is 11.8. The molecule has 1 aliphatic rings. The van der Waals surface area contributed by atoms with Crippen molar-refractivity contribution in [3.63, 3.8) is 0 Å². The van der Waals surface area contributed by atoms with E-state index >= 15 is 0 Å². The number of aliphatic hydroxyl groups excluding tert-OH is 1. The summed E-state index contributed by atoms with van der Waals surface area (Å²) in [5.74, 6) is 0.643. The van der Waals surface area contributed by atoms with Crippen LogP contribution in [0.15, 0.2) is 22.7 Å². The summed E-state index contributed by atoms with van der Waals surface area (Å²) in [6.07, 6.45) is -2.78. The molecule has 7 heteroatoms.